The fourth-order valence-corrected chi connectivity index (χ4v) is 3.36. The van der Waals surface area contributed by atoms with Crippen molar-refractivity contribution in [3.63, 3.8) is 0 Å². The summed E-state index contributed by atoms with van der Waals surface area (Å²) in [6.07, 6.45) is 3.58. The smallest absolute Gasteiger partial charge is 0.229 e. The van der Waals surface area contributed by atoms with Crippen LogP contribution in [0.4, 0.5) is 10.8 Å². The lowest BCUT2D eigenvalue weighted by Crippen LogP contribution is -2.15. The van der Waals surface area contributed by atoms with Gasteiger partial charge in [0.25, 0.3) is 0 Å². The molecule has 21 heavy (non-hydrogen) atoms. The minimum Gasteiger partial charge on any atom is -0.493 e. The van der Waals surface area contributed by atoms with Crippen molar-refractivity contribution in [3.8, 4) is 5.75 Å². The lowest BCUT2D eigenvalue weighted by atomic mass is 10.3. The molecule has 1 aliphatic rings. The van der Waals surface area contributed by atoms with Gasteiger partial charge >= 0.3 is 0 Å². The molecule has 1 aromatic carbocycles. The number of carbonyl (C=O) groups excluding carboxylic acids is 1. The van der Waals surface area contributed by atoms with Crippen LogP contribution in [0, 0.1) is 0 Å². The minimum absolute atomic E-state index is 0.0775. The monoisotopic (exact) mass is 303 g/mol. The van der Waals surface area contributed by atoms with E-state index in [4.69, 9.17) is 10.5 Å². The van der Waals surface area contributed by atoms with E-state index in [1.165, 1.54) is 11.3 Å². The Morgan fingerprint density at radius 1 is 1.43 bits per heavy atom. The Labute approximate surface area is 127 Å². The Bertz CT molecular complexity index is 633. The van der Waals surface area contributed by atoms with Crippen molar-refractivity contribution in [2.45, 2.75) is 25.7 Å². The molecule has 0 saturated heterocycles. The molecule has 1 aliphatic carbocycles. The number of rotatable bonds is 5. The molecule has 2 aromatic rings. The number of thiazole rings is 1. The average molecular weight is 303 g/mol. The van der Waals surface area contributed by atoms with Gasteiger partial charge in [-0.2, -0.15) is 0 Å². The summed E-state index contributed by atoms with van der Waals surface area (Å²) in [7, 11) is 0. The van der Waals surface area contributed by atoms with Crippen LogP contribution in [-0.2, 0) is 17.6 Å². The topological polar surface area (TPSA) is 77.2 Å². The quantitative estimate of drug-likeness (QED) is 0.832. The Hall–Kier alpha value is -2.08. The second-order valence-electron chi connectivity index (χ2n) is 4.96. The van der Waals surface area contributed by atoms with E-state index in [0.717, 1.165) is 18.5 Å². The molecule has 110 valence electrons. The molecule has 0 unspecified atom stereocenters. The molecular weight excluding hydrogens is 286 g/mol. The minimum atomic E-state index is -0.0775. The standard InChI is InChI=1S/C15H17N3O2S/c16-10-3-1-4-11(9-10)20-8-7-14(19)18-15-17-12-5-2-6-13(12)21-15/h1,3-4,9H,2,5-8,16H2,(H,17,18,19). The molecule has 0 fully saturated rings. The van der Waals surface area contributed by atoms with Gasteiger partial charge in [0.2, 0.25) is 5.91 Å². The highest BCUT2D eigenvalue weighted by Gasteiger charge is 2.17. The first kappa shape index (κ1) is 13.9. The maximum absolute atomic E-state index is 11.8. The van der Waals surface area contributed by atoms with E-state index < -0.39 is 0 Å². The van der Waals surface area contributed by atoms with Gasteiger partial charge in [-0.15, -0.1) is 11.3 Å². The van der Waals surface area contributed by atoms with Gasteiger partial charge in [-0.1, -0.05) is 6.07 Å². The second-order valence-corrected chi connectivity index (χ2v) is 6.05. The highest BCUT2D eigenvalue weighted by Crippen LogP contribution is 2.30. The van der Waals surface area contributed by atoms with Crippen molar-refractivity contribution in [3.05, 3.63) is 34.8 Å². The van der Waals surface area contributed by atoms with Crippen LogP contribution in [0.3, 0.4) is 0 Å². The highest BCUT2D eigenvalue weighted by atomic mass is 32.1. The fourth-order valence-electron chi connectivity index (χ4n) is 2.29. The van der Waals surface area contributed by atoms with Crippen molar-refractivity contribution < 1.29 is 9.53 Å². The van der Waals surface area contributed by atoms with Crippen molar-refractivity contribution >= 4 is 28.1 Å². The first-order valence-electron chi connectivity index (χ1n) is 6.97. The Morgan fingerprint density at radius 3 is 3.14 bits per heavy atom. The highest BCUT2D eigenvalue weighted by molar-refractivity contribution is 7.15. The number of hydrogen-bond donors (Lipinski definition) is 2. The van der Waals surface area contributed by atoms with Crippen LogP contribution in [0.5, 0.6) is 5.75 Å². The maximum Gasteiger partial charge on any atom is 0.229 e. The molecule has 6 heteroatoms. The van der Waals surface area contributed by atoms with Crippen molar-refractivity contribution in [1.82, 2.24) is 4.98 Å². The van der Waals surface area contributed by atoms with Gasteiger partial charge < -0.3 is 15.8 Å². The molecule has 5 nitrogen and oxygen atoms in total. The van der Waals surface area contributed by atoms with Gasteiger partial charge in [0.1, 0.15) is 5.75 Å². The Morgan fingerprint density at radius 2 is 2.33 bits per heavy atom. The Balaban J connectivity index is 1.46. The van der Waals surface area contributed by atoms with E-state index >= 15 is 0 Å². The second kappa shape index (κ2) is 6.13. The van der Waals surface area contributed by atoms with Gasteiger partial charge in [0, 0.05) is 16.6 Å². The van der Waals surface area contributed by atoms with E-state index in [0.29, 0.717) is 29.6 Å². The lowest BCUT2D eigenvalue weighted by Gasteiger charge is -2.06. The molecule has 1 amide bonds. The number of ether oxygens (including phenoxy) is 1. The van der Waals surface area contributed by atoms with Crippen molar-refractivity contribution in [2.24, 2.45) is 0 Å². The molecule has 0 radical (unpaired) electrons. The predicted octanol–water partition coefficient (Wildman–Crippen LogP) is 2.62. The number of aryl methyl sites for hydroxylation is 2. The van der Waals surface area contributed by atoms with Crippen LogP contribution in [0.15, 0.2) is 24.3 Å². The number of benzene rings is 1. The first-order chi connectivity index (χ1) is 10.2. The molecule has 0 bridgehead atoms. The summed E-state index contributed by atoms with van der Waals surface area (Å²) in [5, 5.41) is 3.54. The number of nitrogens with one attached hydrogen (secondary N) is 1. The number of nitrogens with two attached hydrogens (primary N) is 1. The van der Waals surface area contributed by atoms with Crippen LogP contribution in [0.2, 0.25) is 0 Å². The zero-order valence-corrected chi connectivity index (χ0v) is 12.4. The summed E-state index contributed by atoms with van der Waals surface area (Å²) in [5.74, 6) is 0.599. The summed E-state index contributed by atoms with van der Waals surface area (Å²) in [4.78, 5) is 17.6. The number of hydrogen-bond acceptors (Lipinski definition) is 5. The molecule has 0 spiro atoms. The largest absolute Gasteiger partial charge is 0.493 e. The van der Waals surface area contributed by atoms with E-state index in [2.05, 4.69) is 10.3 Å². The molecule has 1 aromatic heterocycles. The predicted molar refractivity (Wildman–Crippen MR) is 83.7 cm³/mol. The molecule has 0 saturated carbocycles. The number of nitrogen functional groups attached to an aromatic ring is 1. The molecule has 0 atom stereocenters. The summed E-state index contributed by atoms with van der Waals surface area (Å²) >= 11 is 1.58. The summed E-state index contributed by atoms with van der Waals surface area (Å²) in [5.41, 5.74) is 7.45. The zero-order chi connectivity index (χ0) is 14.7. The van der Waals surface area contributed by atoms with E-state index in [1.807, 2.05) is 12.1 Å². The van der Waals surface area contributed by atoms with E-state index in [-0.39, 0.29) is 5.91 Å². The fraction of sp³-hybridized carbons (Fsp3) is 0.333. The molecular formula is C15H17N3O2S. The normalized spacial score (nSPS) is 13.0. The van der Waals surface area contributed by atoms with E-state index in [9.17, 15) is 4.79 Å². The van der Waals surface area contributed by atoms with Crippen molar-refractivity contribution in [2.75, 3.05) is 17.7 Å². The van der Waals surface area contributed by atoms with Crippen LogP contribution < -0.4 is 15.8 Å². The van der Waals surface area contributed by atoms with Crippen LogP contribution >= 0.6 is 11.3 Å². The number of nitrogens with zero attached hydrogens (tertiary/aromatic N) is 1. The third-order valence-electron chi connectivity index (χ3n) is 3.30. The zero-order valence-electron chi connectivity index (χ0n) is 11.6. The summed E-state index contributed by atoms with van der Waals surface area (Å²) in [6, 6.07) is 7.17. The van der Waals surface area contributed by atoms with Gasteiger partial charge in [-0.3, -0.25) is 4.79 Å². The summed E-state index contributed by atoms with van der Waals surface area (Å²) < 4.78 is 5.50. The molecule has 3 rings (SSSR count). The number of fused-ring (bicyclic) bond motifs is 1. The van der Waals surface area contributed by atoms with Gasteiger partial charge in [0.05, 0.1) is 18.7 Å². The van der Waals surface area contributed by atoms with Crippen LogP contribution in [-0.4, -0.2) is 17.5 Å². The van der Waals surface area contributed by atoms with Gasteiger partial charge in [-0.05, 0) is 31.4 Å². The third kappa shape index (κ3) is 3.52. The molecule has 0 aliphatic heterocycles. The number of carbonyl (C=O) groups is 1. The average Bonchev–Trinajstić information content (AvgIpc) is 2.99. The Kier molecular flexibility index (Phi) is 4.06. The number of aromatic nitrogens is 1. The van der Waals surface area contributed by atoms with E-state index in [1.54, 1.807) is 23.5 Å². The molecule has 1 heterocycles. The maximum atomic E-state index is 11.8. The van der Waals surface area contributed by atoms with Gasteiger partial charge in [0.15, 0.2) is 5.13 Å². The van der Waals surface area contributed by atoms with Gasteiger partial charge in [-0.25, -0.2) is 4.98 Å². The number of anilines is 2. The number of amides is 1. The molecule has 3 N–H and O–H groups in total. The van der Waals surface area contributed by atoms with Crippen LogP contribution in [0.1, 0.15) is 23.4 Å². The third-order valence-corrected chi connectivity index (χ3v) is 4.37. The lowest BCUT2D eigenvalue weighted by molar-refractivity contribution is -0.116. The first-order valence-corrected chi connectivity index (χ1v) is 7.79. The van der Waals surface area contributed by atoms with Crippen molar-refractivity contribution in [1.29, 1.82) is 0 Å². The SMILES string of the molecule is Nc1cccc(OCCC(=O)Nc2nc3c(s2)CCC3)c1. The summed E-state index contributed by atoms with van der Waals surface area (Å²) in [6.45, 7) is 0.320. The van der Waals surface area contributed by atoms with Crippen LogP contribution in [0.25, 0.3) is 0 Å².